The van der Waals surface area contributed by atoms with Crippen LogP contribution in [-0.4, -0.2) is 12.1 Å². The summed E-state index contributed by atoms with van der Waals surface area (Å²) >= 11 is 0. The summed E-state index contributed by atoms with van der Waals surface area (Å²) in [6, 6.07) is 0.860. The molecule has 0 bridgehead atoms. The minimum atomic E-state index is 0.271. The van der Waals surface area contributed by atoms with Gasteiger partial charge in [0.2, 0.25) is 0 Å². The molecule has 2 aliphatic carbocycles. The van der Waals surface area contributed by atoms with Crippen molar-refractivity contribution in [1.82, 2.24) is 5.32 Å². The average Bonchev–Trinajstić information content (AvgIpc) is 2.67. The summed E-state index contributed by atoms with van der Waals surface area (Å²) in [6.45, 7) is 23.7. The standard InChI is InChI=1S/C28H47N/c1-11-27(7,8)25-17-21(13-15-23(25)19(3)4)29-22-14-16-24(20(5)6)26(18-22)28(9,10)12-2/h13-16,19-22,29H,11-12,17-18H2,1-10H3. The van der Waals surface area contributed by atoms with Crippen LogP contribution in [0.4, 0.5) is 0 Å². The van der Waals surface area contributed by atoms with Gasteiger partial charge < -0.3 is 5.32 Å². The van der Waals surface area contributed by atoms with Crippen LogP contribution < -0.4 is 5.32 Å². The Morgan fingerprint density at radius 1 is 0.759 bits per heavy atom. The number of hydrogen-bond donors (Lipinski definition) is 1. The van der Waals surface area contributed by atoms with Crippen LogP contribution in [0.25, 0.3) is 0 Å². The maximum Gasteiger partial charge on any atom is 0.0296 e. The summed E-state index contributed by atoms with van der Waals surface area (Å²) < 4.78 is 0. The molecule has 1 nitrogen and oxygen atoms in total. The topological polar surface area (TPSA) is 12.0 Å². The molecule has 0 heterocycles. The molecule has 2 atom stereocenters. The summed E-state index contributed by atoms with van der Waals surface area (Å²) in [7, 11) is 0. The lowest BCUT2D eigenvalue weighted by atomic mass is 9.71. The van der Waals surface area contributed by atoms with Gasteiger partial charge in [-0.3, -0.25) is 0 Å². The van der Waals surface area contributed by atoms with E-state index in [0.29, 0.717) is 23.9 Å². The number of nitrogens with one attached hydrogen (secondary N) is 1. The molecular formula is C28H47N. The third-order valence-electron chi connectivity index (χ3n) is 7.64. The Kier molecular flexibility index (Phi) is 7.82. The van der Waals surface area contributed by atoms with Crippen molar-refractivity contribution in [3.8, 4) is 0 Å². The fourth-order valence-electron chi connectivity index (χ4n) is 4.80. The second-order valence-electron chi connectivity index (χ2n) is 11.2. The molecule has 0 aliphatic heterocycles. The number of allylic oxidation sites excluding steroid dienone is 4. The summed E-state index contributed by atoms with van der Waals surface area (Å²) in [5.41, 5.74) is 6.97. The molecule has 2 unspecified atom stereocenters. The van der Waals surface area contributed by atoms with Crippen LogP contribution in [0.5, 0.6) is 0 Å². The molecule has 2 aliphatic rings. The molecule has 1 N–H and O–H groups in total. The lowest BCUT2D eigenvalue weighted by Crippen LogP contribution is -2.41. The maximum absolute atomic E-state index is 3.99. The first-order valence-electron chi connectivity index (χ1n) is 12.0. The van der Waals surface area contributed by atoms with E-state index < -0.39 is 0 Å². The van der Waals surface area contributed by atoms with Crippen molar-refractivity contribution < 1.29 is 0 Å². The van der Waals surface area contributed by atoms with Gasteiger partial charge in [-0.25, -0.2) is 0 Å². The van der Waals surface area contributed by atoms with E-state index in [1.807, 2.05) is 0 Å². The van der Waals surface area contributed by atoms with Crippen LogP contribution in [0.1, 0.15) is 94.9 Å². The van der Waals surface area contributed by atoms with Crippen molar-refractivity contribution in [2.24, 2.45) is 22.7 Å². The van der Waals surface area contributed by atoms with Crippen molar-refractivity contribution >= 4 is 0 Å². The monoisotopic (exact) mass is 397 g/mol. The van der Waals surface area contributed by atoms with E-state index in [1.54, 1.807) is 22.3 Å². The van der Waals surface area contributed by atoms with Crippen molar-refractivity contribution in [2.45, 2.75) is 107 Å². The zero-order valence-corrected chi connectivity index (χ0v) is 20.9. The summed E-state index contributed by atoms with van der Waals surface area (Å²) in [5, 5.41) is 3.99. The van der Waals surface area contributed by atoms with Crippen LogP contribution in [0.2, 0.25) is 0 Å². The van der Waals surface area contributed by atoms with Crippen LogP contribution in [0.3, 0.4) is 0 Å². The Bertz CT molecular complexity index is 634. The van der Waals surface area contributed by atoms with E-state index in [2.05, 4.69) is 98.9 Å². The second kappa shape index (κ2) is 9.38. The van der Waals surface area contributed by atoms with Crippen molar-refractivity contribution in [3.63, 3.8) is 0 Å². The Morgan fingerprint density at radius 2 is 1.10 bits per heavy atom. The van der Waals surface area contributed by atoms with Crippen LogP contribution in [-0.2, 0) is 0 Å². The minimum Gasteiger partial charge on any atom is -0.304 e. The first kappa shape index (κ1) is 24.2. The molecule has 0 spiro atoms. The van der Waals surface area contributed by atoms with Crippen molar-refractivity contribution in [2.75, 3.05) is 0 Å². The van der Waals surface area contributed by atoms with Gasteiger partial charge >= 0.3 is 0 Å². The fourth-order valence-corrected chi connectivity index (χ4v) is 4.80. The Morgan fingerprint density at radius 3 is 1.38 bits per heavy atom. The highest BCUT2D eigenvalue weighted by atomic mass is 14.9. The van der Waals surface area contributed by atoms with Gasteiger partial charge in [-0.05, 0) is 59.5 Å². The average molecular weight is 398 g/mol. The molecule has 0 saturated carbocycles. The van der Waals surface area contributed by atoms with Crippen molar-refractivity contribution in [3.05, 3.63) is 46.6 Å². The third-order valence-corrected chi connectivity index (χ3v) is 7.64. The smallest absolute Gasteiger partial charge is 0.0296 e. The number of rotatable bonds is 8. The van der Waals surface area contributed by atoms with Gasteiger partial charge in [0.25, 0.3) is 0 Å². The van der Waals surface area contributed by atoms with Gasteiger partial charge in [0, 0.05) is 12.1 Å². The third kappa shape index (κ3) is 5.54. The van der Waals surface area contributed by atoms with E-state index in [-0.39, 0.29) is 10.8 Å². The van der Waals surface area contributed by atoms with E-state index in [0.717, 1.165) is 12.8 Å². The molecule has 0 amide bonds. The largest absolute Gasteiger partial charge is 0.304 e. The minimum absolute atomic E-state index is 0.271. The zero-order chi connectivity index (χ0) is 22.0. The van der Waals surface area contributed by atoms with E-state index in [1.165, 1.54) is 12.8 Å². The molecule has 2 rings (SSSR count). The lowest BCUT2D eigenvalue weighted by Gasteiger charge is -2.38. The summed E-state index contributed by atoms with van der Waals surface area (Å²) in [4.78, 5) is 0. The molecule has 0 saturated heterocycles. The van der Waals surface area contributed by atoms with Gasteiger partial charge in [0.1, 0.15) is 0 Å². The van der Waals surface area contributed by atoms with E-state index >= 15 is 0 Å². The highest BCUT2D eigenvalue weighted by Gasteiger charge is 2.32. The molecular weight excluding hydrogens is 350 g/mol. The first-order chi connectivity index (χ1) is 13.4. The van der Waals surface area contributed by atoms with Crippen LogP contribution >= 0.6 is 0 Å². The molecule has 1 heteroatoms. The number of hydrogen-bond acceptors (Lipinski definition) is 1. The molecule has 0 radical (unpaired) electrons. The second-order valence-corrected chi connectivity index (χ2v) is 11.2. The molecule has 0 aromatic heterocycles. The van der Waals surface area contributed by atoms with Crippen LogP contribution in [0, 0.1) is 22.7 Å². The molecule has 164 valence electrons. The van der Waals surface area contributed by atoms with Crippen molar-refractivity contribution in [1.29, 1.82) is 0 Å². The quantitative estimate of drug-likeness (QED) is 0.437. The fraction of sp³-hybridized carbons (Fsp3) is 0.714. The molecule has 0 aromatic carbocycles. The van der Waals surface area contributed by atoms with Gasteiger partial charge in [-0.15, -0.1) is 0 Å². The Hall–Kier alpha value is -1.08. The Balaban J connectivity index is 2.21. The predicted molar refractivity (Wildman–Crippen MR) is 130 cm³/mol. The Labute approximate surface area is 181 Å². The molecule has 29 heavy (non-hydrogen) atoms. The first-order valence-corrected chi connectivity index (χ1v) is 12.0. The van der Waals surface area contributed by atoms with Gasteiger partial charge in [-0.1, -0.05) is 105 Å². The van der Waals surface area contributed by atoms with E-state index in [9.17, 15) is 0 Å². The van der Waals surface area contributed by atoms with Gasteiger partial charge in [0.05, 0.1) is 0 Å². The summed E-state index contributed by atoms with van der Waals surface area (Å²) in [5.74, 6) is 1.19. The van der Waals surface area contributed by atoms with Gasteiger partial charge in [-0.2, -0.15) is 0 Å². The lowest BCUT2D eigenvalue weighted by molar-refractivity contribution is 0.367. The SMILES string of the molecule is CCC(C)(C)C1=C(C(C)C)C=CC(NC2C=CC(C(C)C)=C(C(C)(C)CC)C2)C1. The van der Waals surface area contributed by atoms with Gasteiger partial charge in [0.15, 0.2) is 0 Å². The van der Waals surface area contributed by atoms with Crippen LogP contribution in [0.15, 0.2) is 46.6 Å². The predicted octanol–water partition coefficient (Wildman–Crippen LogP) is 8.01. The summed E-state index contributed by atoms with van der Waals surface area (Å²) in [6.07, 6.45) is 14.3. The molecule has 0 aromatic rings. The molecule has 0 fully saturated rings. The normalized spacial score (nSPS) is 23.7. The highest BCUT2D eigenvalue weighted by molar-refractivity contribution is 5.39. The maximum atomic E-state index is 3.99. The zero-order valence-electron chi connectivity index (χ0n) is 20.9. The van der Waals surface area contributed by atoms with E-state index in [4.69, 9.17) is 0 Å². The highest BCUT2D eigenvalue weighted by Crippen LogP contribution is 2.42.